The molecule has 28 heavy (non-hydrogen) atoms. The van der Waals surface area contributed by atoms with Gasteiger partial charge in [0.1, 0.15) is 11.9 Å². The Morgan fingerprint density at radius 2 is 1.82 bits per heavy atom. The average molecular weight is 399 g/mol. The molecule has 0 aliphatic carbocycles. The summed E-state index contributed by atoms with van der Waals surface area (Å²) in [5, 5.41) is 3.40. The van der Waals surface area contributed by atoms with Gasteiger partial charge in [0.2, 0.25) is 5.91 Å². The molecule has 0 bridgehead atoms. The summed E-state index contributed by atoms with van der Waals surface area (Å²) in [5.41, 5.74) is 2.24. The lowest BCUT2D eigenvalue weighted by Crippen LogP contribution is -2.50. The third kappa shape index (κ3) is 4.51. The summed E-state index contributed by atoms with van der Waals surface area (Å²) in [4.78, 5) is 34.8. The fourth-order valence-corrected chi connectivity index (χ4v) is 3.09. The Hall–Kier alpha value is -2.86. The van der Waals surface area contributed by atoms with Crippen LogP contribution in [0.2, 0.25) is 5.02 Å². The number of nitrogens with zero attached hydrogens (tertiary/aromatic N) is 2. The molecule has 2 aromatic carbocycles. The lowest BCUT2D eigenvalue weighted by Gasteiger charge is -2.26. The molecule has 0 aliphatic heterocycles. The van der Waals surface area contributed by atoms with Gasteiger partial charge in [0.25, 0.3) is 5.91 Å². The number of aromatic nitrogens is 2. The largest absolute Gasteiger partial charge is 0.340 e. The third-order valence-electron chi connectivity index (χ3n) is 4.53. The van der Waals surface area contributed by atoms with Crippen molar-refractivity contribution in [3.05, 3.63) is 64.9 Å². The van der Waals surface area contributed by atoms with Gasteiger partial charge in [0, 0.05) is 17.6 Å². The second-order valence-corrected chi connectivity index (χ2v) is 7.53. The quantitative estimate of drug-likeness (QED) is 0.665. The van der Waals surface area contributed by atoms with Crippen molar-refractivity contribution in [2.75, 3.05) is 7.05 Å². The molecule has 2 N–H and O–H groups in total. The summed E-state index contributed by atoms with van der Waals surface area (Å²) in [6.07, 6.45) is 0. The number of amides is 2. The van der Waals surface area contributed by atoms with Crippen molar-refractivity contribution < 1.29 is 9.59 Å². The summed E-state index contributed by atoms with van der Waals surface area (Å²) in [6, 6.07) is 13.6. The van der Waals surface area contributed by atoms with Crippen LogP contribution in [0.5, 0.6) is 0 Å². The van der Waals surface area contributed by atoms with Crippen LogP contribution in [-0.4, -0.2) is 39.8 Å². The van der Waals surface area contributed by atoms with E-state index in [1.807, 2.05) is 38.1 Å². The molecule has 3 aromatic rings. The van der Waals surface area contributed by atoms with Crippen molar-refractivity contribution in [1.29, 1.82) is 0 Å². The highest BCUT2D eigenvalue weighted by atomic mass is 35.5. The minimum atomic E-state index is -0.641. The summed E-state index contributed by atoms with van der Waals surface area (Å²) in [7, 11) is 1.71. The number of hydrogen-bond donors (Lipinski definition) is 2. The molecule has 7 heteroatoms. The molecule has 1 unspecified atom stereocenters. The normalized spacial score (nSPS) is 12.2. The fourth-order valence-electron chi connectivity index (χ4n) is 2.96. The van der Waals surface area contributed by atoms with E-state index in [1.54, 1.807) is 36.2 Å². The SMILES string of the molecule is CC(C)C(NC(=O)c1ccc(Cl)cc1)C(=O)N(C)Cc1nc2ccccc2[nH]1. The molecule has 146 valence electrons. The van der Waals surface area contributed by atoms with E-state index in [-0.39, 0.29) is 17.7 Å². The van der Waals surface area contributed by atoms with Gasteiger partial charge in [-0.3, -0.25) is 9.59 Å². The minimum Gasteiger partial charge on any atom is -0.340 e. The first-order chi connectivity index (χ1) is 13.3. The van der Waals surface area contributed by atoms with Crippen molar-refractivity contribution in [2.45, 2.75) is 26.4 Å². The van der Waals surface area contributed by atoms with E-state index in [2.05, 4.69) is 15.3 Å². The zero-order valence-corrected chi connectivity index (χ0v) is 16.8. The Morgan fingerprint density at radius 1 is 1.14 bits per heavy atom. The lowest BCUT2D eigenvalue weighted by molar-refractivity contribution is -0.133. The molecular formula is C21H23ClN4O2. The molecule has 6 nitrogen and oxygen atoms in total. The van der Waals surface area contributed by atoms with Gasteiger partial charge in [0.15, 0.2) is 0 Å². The van der Waals surface area contributed by atoms with E-state index in [9.17, 15) is 9.59 Å². The second-order valence-electron chi connectivity index (χ2n) is 7.10. The highest BCUT2D eigenvalue weighted by molar-refractivity contribution is 6.30. The Kier molecular flexibility index (Phi) is 5.99. The van der Waals surface area contributed by atoms with Crippen molar-refractivity contribution >= 4 is 34.4 Å². The number of para-hydroxylation sites is 2. The first-order valence-electron chi connectivity index (χ1n) is 9.10. The predicted molar refractivity (Wildman–Crippen MR) is 110 cm³/mol. The number of hydrogen-bond acceptors (Lipinski definition) is 3. The summed E-state index contributed by atoms with van der Waals surface area (Å²) < 4.78 is 0. The van der Waals surface area contributed by atoms with Gasteiger partial charge in [-0.1, -0.05) is 37.6 Å². The van der Waals surface area contributed by atoms with E-state index in [4.69, 9.17) is 11.6 Å². The number of aromatic amines is 1. The van der Waals surface area contributed by atoms with Crippen LogP contribution < -0.4 is 5.32 Å². The van der Waals surface area contributed by atoms with Crippen LogP contribution in [0.4, 0.5) is 0 Å². The number of imidazole rings is 1. The molecule has 3 rings (SSSR count). The molecule has 1 heterocycles. The second kappa shape index (κ2) is 8.44. The number of fused-ring (bicyclic) bond motifs is 1. The van der Waals surface area contributed by atoms with Gasteiger partial charge in [-0.2, -0.15) is 0 Å². The highest BCUT2D eigenvalue weighted by Gasteiger charge is 2.27. The van der Waals surface area contributed by atoms with Crippen molar-refractivity contribution in [1.82, 2.24) is 20.2 Å². The number of halogens is 1. The van der Waals surface area contributed by atoms with E-state index < -0.39 is 6.04 Å². The molecule has 0 spiro atoms. The zero-order chi connectivity index (χ0) is 20.3. The molecule has 0 aliphatic rings. The Labute approximate surface area is 168 Å². The smallest absolute Gasteiger partial charge is 0.251 e. The number of carbonyl (C=O) groups excluding carboxylic acids is 2. The Bertz CT molecular complexity index is 948. The van der Waals surface area contributed by atoms with Crippen LogP contribution in [-0.2, 0) is 11.3 Å². The maximum Gasteiger partial charge on any atom is 0.251 e. The van der Waals surface area contributed by atoms with Crippen LogP contribution in [0, 0.1) is 5.92 Å². The van der Waals surface area contributed by atoms with Crippen LogP contribution in [0.25, 0.3) is 11.0 Å². The first kappa shape index (κ1) is 19.9. The third-order valence-corrected chi connectivity index (χ3v) is 4.78. The standard InChI is InChI=1S/C21H23ClN4O2/c1-13(2)19(25-20(27)14-8-10-15(22)11-9-14)21(28)26(3)12-18-23-16-6-4-5-7-17(16)24-18/h4-11,13,19H,12H2,1-3H3,(H,23,24)(H,25,27). The van der Waals surface area contributed by atoms with E-state index >= 15 is 0 Å². The monoisotopic (exact) mass is 398 g/mol. The summed E-state index contributed by atoms with van der Waals surface area (Å²) in [5.74, 6) is 0.157. The highest BCUT2D eigenvalue weighted by Crippen LogP contribution is 2.14. The fraction of sp³-hybridized carbons (Fsp3) is 0.286. The van der Waals surface area contributed by atoms with Crippen molar-refractivity contribution in [3.63, 3.8) is 0 Å². The van der Waals surface area contributed by atoms with Crippen molar-refractivity contribution in [2.24, 2.45) is 5.92 Å². The maximum absolute atomic E-state index is 13.0. The van der Waals surface area contributed by atoms with E-state index in [0.717, 1.165) is 11.0 Å². The van der Waals surface area contributed by atoms with E-state index in [0.29, 0.717) is 23.0 Å². The molecule has 1 atom stereocenters. The molecule has 0 fully saturated rings. The molecule has 2 amide bonds. The molecule has 0 saturated carbocycles. The Morgan fingerprint density at radius 3 is 2.46 bits per heavy atom. The van der Waals surface area contributed by atoms with Crippen LogP contribution in [0.3, 0.4) is 0 Å². The van der Waals surface area contributed by atoms with Gasteiger partial charge < -0.3 is 15.2 Å². The van der Waals surface area contributed by atoms with Gasteiger partial charge in [-0.15, -0.1) is 0 Å². The number of likely N-dealkylation sites (N-methyl/N-ethyl adjacent to an activating group) is 1. The summed E-state index contributed by atoms with van der Waals surface area (Å²) >= 11 is 5.87. The number of nitrogens with one attached hydrogen (secondary N) is 2. The summed E-state index contributed by atoms with van der Waals surface area (Å²) in [6.45, 7) is 4.13. The van der Waals surface area contributed by atoms with Gasteiger partial charge in [-0.25, -0.2) is 4.98 Å². The van der Waals surface area contributed by atoms with Gasteiger partial charge in [0.05, 0.1) is 17.6 Å². The van der Waals surface area contributed by atoms with E-state index in [1.165, 1.54) is 0 Å². The molecule has 0 radical (unpaired) electrons. The lowest BCUT2D eigenvalue weighted by atomic mass is 10.0. The van der Waals surface area contributed by atoms with Gasteiger partial charge >= 0.3 is 0 Å². The Balaban J connectivity index is 1.70. The van der Waals surface area contributed by atoms with Crippen LogP contribution >= 0.6 is 11.6 Å². The molecular weight excluding hydrogens is 376 g/mol. The number of carbonyl (C=O) groups is 2. The molecule has 1 aromatic heterocycles. The molecule has 0 saturated heterocycles. The first-order valence-corrected chi connectivity index (χ1v) is 9.48. The number of benzene rings is 2. The zero-order valence-electron chi connectivity index (χ0n) is 16.1. The predicted octanol–water partition coefficient (Wildman–Crippen LogP) is 3.63. The topological polar surface area (TPSA) is 78.1 Å². The van der Waals surface area contributed by atoms with Gasteiger partial charge in [-0.05, 0) is 42.3 Å². The maximum atomic E-state index is 13.0. The number of rotatable bonds is 6. The number of H-pyrrole nitrogens is 1. The van der Waals surface area contributed by atoms with Crippen molar-refractivity contribution in [3.8, 4) is 0 Å². The van der Waals surface area contributed by atoms with Crippen LogP contribution in [0.15, 0.2) is 48.5 Å². The average Bonchev–Trinajstić information content (AvgIpc) is 3.07. The minimum absolute atomic E-state index is 0.0677. The van der Waals surface area contributed by atoms with Crippen LogP contribution in [0.1, 0.15) is 30.0 Å².